The number of phenols is 1. The standard InChI is InChI=1S/C23H20ClF2NO4/c1-11-18(15(23(30)31)9-12-3-2-4-12)19-17(10-16(25)21(28)20(19)26)27(11)22(29)13-5-7-14(24)8-6-13/h5-8,10,12,15,28H,2-4,9H2,1H3,(H,30,31)/t15-/m0/s1. The molecule has 3 aromatic rings. The van der Waals surface area contributed by atoms with Crippen LogP contribution in [0.5, 0.6) is 5.75 Å². The first-order valence-corrected chi connectivity index (χ1v) is 10.3. The summed E-state index contributed by atoms with van der Waals surface area (Å²) in [5, 5.41) is 20.0. The molecule has 2 N–H and O–H groups in total. The second-order valence-corrected chi connectivity index (χ2v) is 8.42. The molecule has 0 unspecified atom stereocenters. The van der Waals surface area contributed by atoms with Crippen molar-refractivity contribution in [3.8, 4) is 5.75 Å². The van der Waals surface area contributed by atoms with Gasteiger partial charge in [0.15, 0.2) is 17.4 Å². The summed E-state index contributed by atoms with van der Waals surface area (Å²) in [5.41, 5.74) is 0.380. The summed E-state index contributed by atoms with van der Waals surface area (Å²) >= 11 is 5.89. The van der Waals surface area contributed by atoms with Gasteiger partial charge in [-0.15, -0.1) is 0 Å². The van der Waals surface area contributed by atoms with Gasteiger partial charge in [0.05, 0.1) is 11.4 Å². The van der Waals surface area contributed by atoms with Crippen LogP contribution in [0.15, 0.2) is 30.3 Å². The third-order valence-electron chi connectivity index (χ3n) is 6.14. The largest absolute Gasteiger partial charge is 0.503 e. The lowest BCUT2D eigenvalue weighted by atomic mass is 9.76. The molecule has 8 heteroatoms. The minimum absolute atomic E-state index is 0.0875. The van der Waals surface area contributed by atoms with Crippen molar-refractivity contribution in [2.24, 2.45) is 5.92 Å². The monoisotopic (exact) mass is 447 g/mol. The number of hydrogen-bond acceptors (Lipinski definition) is 3. The lowest BCUT2D eigenvalue weighted by Gasteiger charge is -2.28. The van der Waals surface area contributed by atoms with E-state index < -0.39 is 35.2 Å². The summed E-state index contributed by atoms with van der Waals surface area (Å²) in [6.07, 6.45) is 3.05. The predicted molar refractivity (Wildman–Crippen MR) is 112 cm³/mol. The lowest BCUT2D eigenvalue weighted by molar-refractivity contribution is -0.139. The van der Waals surface area contributed by atoms with Gasteiger partial charge < -0.3 is 10.2 Å². The Labute approximate surface area is 181 Å². The summed E-state index contributed by atoms with van der Waals surface area (Å²) in [4.78, 5) is 25.4. The molecule has 0 amide bonds. The predicted octanol–water partition coefficient (Wildman–Crippen LogP) is 5.63. The molecule has 0 spiro atoms. The Balaban J connectivity index is 1.98. The Morgan fingerprint density at radius 2 is 1.87 bits per heavy atom. The zero-order valence-corrected chi connectivity index (χ0v) is 17.4. The van der Waals surface area contributed by atoms with Crippen molar-refractivity contribution in [1.82, 2.24) is 4.57 Å². The van der Waals surface area contributed by atoms with E-state index in [0.29, 0.717) is 5.02 Å². The number of aromatic hydroxyl groups is 1. The van der Waals surface area contributed by atoms with Crippen LogP contribution >= 0.6 is 11.6 Å². The maximum Gasteiger partial charge on any atom is 0.311 e. The third kappa shape index (κ3) is 3.57. The van der Waals surface area contributed by atoms with Gasteiger partial charge in [-0.25, -0.2) is 8.78 Å². The van der Waals surface area contributed by atoms with Crippen molar-refractivity contribution in [3.63, 3.8) is 0 Å². The Kier molecular flexibility index (Phi) is 5.47. The van der Waals surface area contributed by atoms with E-state index in [2.05, 4.69) is 0 Å². The molecule has 1 atom stereocenters. The van der Waals surface area contributed by atoms with E-state index in [9.17, 15) is 24.2 Å². The molecular formula is C23H20ClF2NO4. The highest BCUT2D eigenvalue weighted by molar-refractivity contribution is 6.30. The van der Waals surface area contributed by atoms with E-state index >= 15 is 4.39 Å². The van der Waals surface area contributed by atoms with Crippen molar-refractivity contribution in [2.45, 2.75) is 38.5 Å². The topological polar surface area (TPSA) is 79.5 Å². The molecule has 1 aromatic heterocycles. The van der Waals surface area contributed by atoms with Crippen LogP contribution < -0.4 is 0 Å². The molecule has 1 aliphatic rings. The maximum absolute atomic E-state index is 15.1. The number of carbonyl (C=O) groups is 2. The molecule has 0 aliphatic heterocycles. The smallest absolute Gasteiger partial charge is 0.311 e. The van der Waals surface area contributed by atoms with E-state index in [1.165, 1.54) is 31.2 Å². The fourth-order valence-electron chi connectivity index (χ4n) is 4.32. The van der Waals surface area contributed by atoms with Gasteiger partial charge in [-0.2, -0.15) is 0 Å². The van der Waals surface area contributed by atoms with E-state index in [-0.39, 0.29) is 40.1 Å². The van der Waals surface area contributed by atoms with Crippen LogP contribution in [0.25, 0.3) is 10.9 Å². The number of phenolic OH excluding ortho intramolecular Hbond substituents is 1. The van der Waals surface area contributed by atoms with Crippen LogP contribution in [-0.2, 0) is 4.79 Å². The Morgan fingerprint density at radius 1 is 1.23 bits per heavy atom. The van der Waals surface area contributed by atoms with Crippen LogP contribution in [0.2, 0.25) is 5.02 Å². The molecule has 4 rings (SSSR count). The Morgan fingerprint density at radius 3 is 2.42 bits per heavy atom. The highest BCUT2D eigenvalue weighted by Gasteiger charge is 2.35. The number of carboxylic acids is 1. The number of hydrogen-bond donors (Lipinski definition) is 2. The number of benzene rings is 2. The molecule has 0 bridgehead atoms. The van der Waals surface area contributed by atoms with Crippen LogP contribution in [0, 0.1) is 24.5 Å². The lowest BCUT2D eigenvalue weighted by Crippen LogP contribution is -2.21. The van der Waals surface area contributed by atoms with Crippen LogP contribution in [0.1, 0.15) is 53.2 Å². The van der Waals surface area contributed by atoms with Gasteiger partial charge >= 0.3 is 5.97 Å². The van der Waals surface area contributed by atoms with Gasteiger partial charge in [0.25, 0.3) is 5.91 Å². The number of aromatic nitrogens is 1. The zero-order chi connectivity index (χ0) is 22.4. The summed E-state index contributed by atoms with van der Waals surface area (Å²) in [6, 6.07) is 6.85. The first kappa shape index (κ1) is 21.3. The second kappa shape index (κ2) is 7.96. The summed E-state index contributed by atoms with van der Waals surface area (Å²) in [7, 11) is 0. The maximum atomic E-state index is 15.1. The highest BCUT2D eigenvalue weighted by Crippen LogP contribution is 2.43. The van der Waals surface area contributed by atoms with Crippen molar-refractivity contribution in [1.29, 1.82) is 0 Å². The van der Waals surface area contributed by atoms with E-state index in [1.807, 2.05) is 0 Å². The van der Waals surface area contributed by atoms with Gasteiger partial charge in [0, 0.05) is 27.7 Å². The van der Waals surface area contributed by atoms with Crippen LogP contribution in [-0.4, -0.2) is 26.7 Å². The highest BCUT2D eigenvalue weighted by atomic mass is 35.5. The molecule has 2 aromatic carbocycles. The quantitative estimate of drug-likeness (QED) is 0.531. The van der Waals surface area contributed by atoms with E-state index in [1.54, 1.807) is 0 Å². The van der Waals surface area contributed by atoms with Gasteiger partial charge in [-0.05, 0) is 49.1 Å². The number of carboxylic acid groups (broad SMARTS) is 1. The Hall–Kier alpha value is -2.93. The number of nitrogens with zero attached hydrogens (tertiary/aromatic N) is 1. The van der Waals surface area contributed by atoms with E-state index in [0.717, 1.165) is 29.9 Å². The number of rotatable bonds is 5. The van der Waals surface area contributed by atoms with Crippen molar-refractivity contribution in [2.75, 3.05) is 0 Å². The first-order valence-electron chi connectivity index (χ1n) is 9.95. The molecule has 5 nitrogen and oxygen atoms in total. The van der Waals surface area contributed by atoms with Crippen molar-refractivity contribution < 1.29 is 28.6 Å². The molecule has 31 heavy (non-hydrogen) atoms. The average molecular weight is 448 g/mol. The number of halogens is 3. The first-order chi connectivity index (χ1) is 14.7. The minimum Gasteiger partial charge on any atom is -0.503 e. The number of aliphatic carboxylic acids is 1. The molecule has 0 saturated heterocycles. The second-order valence-electron chi connectivity index (χ2n) is 7.99. The molecule has 1 fully saturated rings. The third-order valence-corrected chi connectivity index (χ3v) is 6.40. The molecule has 1 saturated carbocycles. The molecular weight excluding hydrogens is 428 g/mol. The Bertz CT molecular complexity index is 1200. The van der Waals surface area contributed by atoms with Crippen molar-refractivity contribution in [3.05, 3.63) is 63.8 Å². The van der Waals surface area contributed by atoms with Crippen molar-refractivity contribution >= 4 is 34.4 Å². The van der Waals surface area contributed by atoms with Gasteiger partial charge in [0.2, 0.25) is 0 Å². The summed E-state index contributed by atoms with van der Waals surface area (Å²) in [6.45, 7) is 1.51. The van der Waals surface area contributed by atoms with Gasteiger partial charge in [-0.3, -0.25) is 14.2 Å². The zero-order valence-electron chi connectivity index (χ0n) is 16.7. The van der Waals surface area contributed by atoms with E-state index in [4.69, 9.17) is 11.6 Å². The minimum atomic E-state index is -1.27. The van der Waals surface area contributed by atoms with Crippen LogP contribution in [0.3, 0.4) is 0 Å². The normalized spacial score (nSPS) is 15.1. The fourth-order valence-corrected chi connectivity index (χ4v) is 4.45. The fraction of sp³-hybridized carbons (Fsp3) is 0.304. The SMILES string of the molecule is Cc1c([C@H](CC2CCC2)C(=O)O)c2c(F)c(O)c(F)cc2n1C(=O)c1ccc(Cl)cc1. The van der Waals surface area contributed by atoms with Gasteiger partial charge in [0.1, 0.15) is 0 Å². The molecule has 1 heterocycles. The average Bonchev–Trinajstić information content (AvgIpc) is 2.97. The summed E-state index contributed by atoms with van der Waals surface area (Å²) in [5.74, 6) is -6.34. The summed E-state index contributed by atoms with van der Waals surface area (Å²) < 4.78 is 30.4. The number of carbonyl (C=O) groups excluding carboxylic acids is 1. The molecule has 162 valence electrons. The van der Waals surface area contributed by atoms with Gasteiger partial charge in [-0.1, -0.05) is 30.9 Å². The van der Waals surface area contributed by atoms with Crippen LogP contribution in [0.4, 0.5) is 8.78 Å². The number of fused-ring (bicyclic) bond motifs is 1. The molecule has 0 radical (unpaired) electrons. The molecule has 1 aliphatic carbocycles.